The van der Waals surface area contributed by atoms with E-state index in [0.29, 0.717) is 19.5 Å². The summed E-state index contributed by atoms with van der Waals surface area (Å²) < 4.78 is 0. The molecule has 0 aliphatic heterocycles. The maximum atomic E-state index is 12.7. The molecule has 0 spiro atoms. The van der Waals surface area contributed by atoms with Crippen molar-refractivity contribution in [2.75, 3.05) is 6.54 Å². The molecular formula is C17H24ClN3O3. The number of carbonyl (C=O) groups excluding carboxylic acids is 1. The zero-order valence-electron chi connectivity index (χ0n) is 13.6. The van der Waals surface area contributed by atoms with Crippen molar-refractivity contribution in [1.29, 1.82) is 0 Å². The fourth-order valence-electron chi connectivity index (χ4n) is 3.09. The van der Waals surface area contributed by atoms with E-state index in [1.807, 2.05) is 0 Å². The minimum Gasteiger partial charge on any atom is -0.334 e. The van der Waals surface area contributed by atoms with E-state index in [1.54, 1.807) is 23.1 Å². The molecule has 0 radical (unpaired) electrons. The average molecular weight is 354 g/mol. The van der Waals surface area contributed by atoms with Gasteiger partial charge in [-0.05, 0) is 24.8 Å². The molecule has 1 aromatic rings. The van der Waals surface area contributed by atoms with Gasteiger partial charge in [-0.25, -0.2) is 0 Å². The Morgan fingerprint density at radius 1 is 1.46 bits per heavy atom. The van der Waals surface area contributed by atoms with E-state index in [1.165, 1.54) is 12.1 Å². The summed E-state index contributed by atoms with van der Waals surface area (Å²) in [5.41, 5.74) is 6.76. The third kappa shape index (κ3) is 5.32. The molecule has 1 aliphatic rings. The van der Waals surface area contributed by atoms with E-state index >= 15 is 0 Å². The van der Waals surface area contributed by atoms with Crippen molar-refractivity contribution in [2.24, 2.45) is 11.7 Å². The van der Waals surface area contributed by atoms with E-state index in [-0.39, 0.29) is 36.0 Å². The quantitative estimate of drug-likeness (QED) is 0.483. The SMILES string of the molecule is C=CCN(Cc1cccc([N+](=O)[O-])c1)C(=O)C1CCCC(N)C1.Cl. The first-order valence-corrected chi connectivity index (χ1v) is 7.90. The Kier molecular flexibility index (Phi) is 7.88. The number of carbonyl (C=O) groups is 1. The smallest absolute Gasteiger partial charge is 0.269 e. The molecule has 1 aliphatic carbocycles. The number of nitrogens with zero attached hydrogens (tertiary/aromatic N) is 2. The minimum absolute atomic E-state index is 0. The maximum absolute atomic E-state index is 12.7. The van der Waals surface area contributed by atoms with Crippen molar-refractivity contribution in [3.05, 3.63) is 52.6 Å². The lowest BCUT2D eigenvalue weighted by molar-refractivity contribution is -0.384. The standard InChI is InChI=1S/C17H23N3O3.ClH/c1-2-9-19(17(21)14-6-4-7-15(18)11-14)12-13-5-3-8-16(10-13)20(22)23;/h2-3,5,8,10,14-15H,1,4,6-7,9,11-12,18H2;1H. The monoisotopic (exact) mass is 353 g/mol. The van der Waals surface area contributed by atoms with Gasteiger partial charge in [-0.1, -0.05) is 24.6 Å². The molecule has 1 saturated carbocycles. The van der Waals surface area contributed by atoms with Crippen molar-refractivity contribution in [3.63, 3.8) is 0 Å². The number of hydrogen-bond donors (Lipinski definition) is 1. The third-order valence-corrected chi connectivity index (χ3v) is 4.22. The van der Waals surface area contributed by atoms with Crippen LogP contribution in [-0.4, -0.2) is 28.3 Å². The number of benzene rings is 1. The van der Waals surface area contributed by atoms with Crippen LogP contribution in [0.3, 0.4) is 0 Å². The number of rotatable bonds is 6. The highest BCUT2D eigenvalue weighted by atomic mass is 35.5. The van der Waals surface area contributed by atoms with E-state index in [4.69, 9.17) is 5.73 Å². The molecule has 1 aromatic carbocycles. The van der Waals surface area contributed by atoms with Gasteiger partial charge in [0.1, 0.15) is 0 Å². The van der Waals surface area contributed by atoms with Crippen LogP contribution in [0.15, 0.2) is 36.9 Å². The lowest BCUT2D eigenvalue weighted by Gasteiger charge is -2.31. The normalized spacial score (nSPS) is 19.9. The van der Waals surface area contributed by atoms with Crippen LogP contribution in [-0.2, 0) is 11.3 Å². The summed E-state index contributed by atoms with van der Waals surface area (Å²) in [4.78, 5) is 24.9. The van der Waals surface area contributed by atoms with E-state index < -0.39 is 4.92 Å². The molecule has 0 aromatic heterocycles. The number of nitrogens with two attached hydrogens (primary N) is 1. The van der Waals surface area contributed by atoms with Gasteiger partial charge in [0, 0.05) is 37.2 Å². The molecule has 2 unspecified atom stereocenters. The molecule has 7 heteroatoms. The summed E-state index contributed by atoms with van der Waals surface area (Å²) >= 11 is 0. The highest BCUT2D eigenvalue weighted by molar-refractivity contribution is 5.85. The molecule has 2 rings (SSSR count). The second-order valence-corrected chi connectivity index (χ2v) is 6.06. The summed E-state index contributed by atoms with van der Waals surface area (Å²) in [7, 11) is 0. The highest BCUT2D eigenvalue weighted by Gasteiger charge is 2.28. The average Bonchev–Trinajstić information content (AvgIpc) is 2.54. The molecule has 2 N–H and O–H groups in total. The van der Waals surface area contributed by atoms with Gasteiger partial charge in [0.05, 0.1) is 4.92 Å². The number of amides is 1. The molecule has 1 fully saturated rings. The molecule has 24 heavy (non-hydrogen) atoms. The topological polar surface area (TPSA) is 89.5 Å². The minimum atomic E-state index is -0.427. The Balaban J connectivity index is 0.00000288. The number of non-ortho nitro benzene ring substituents is 1. The first-order valence-electron chi connectivity index (χ1n) is 7.90. The summed E-state index contributed by atoms with van der Waals surface area (Å²) in [5.74, 6) is 0.00366. The van der Waals surface area contributed by atoms with Crippen LogP contribution in [0.25, 0.3) is 0 Å². The van der Waals surface area contributed by atoms with Crippen molar-refractivity contribution < 1.29 is 9.72 Å². The van der Waals surface area contributed by atoms with Crippen LogP contribution in [0.2, 0.25) is 0 Å². The molecule has 2 atom stereocenters. The molecule has 1 amide bonds. The largest absolute Gasteiger partial charge is 0.334 e. The third-order valence-electron chi connectivity index (χ3n) is 4.22. The molecule has 132 valence electrons. The Labute approximate surface area is 148 Å². The Morgan fingerprint density at radius 3 is 2.83 bits per heavy atom. The van der Waals surface area contributed by atoms with Gasteiger partial charge in [0.25, 0.3) is 5.69 Å². The van der Waals surface area contributed by atoms with E-state index in [2.05, 4.69) is 6.58 Å². The summed E-state index contributed by atoms with van der Waals surface area (Å²) in [6.45, 7) is 4.47. The Morgan fingerprint density at radius 2 is 2.21 bits per heavy atom. The van der Waals surface area contributed by atoms with Crippen molar-refractivity contribution >= 4 is 24.0 Å². The number of nitro groups is 1. The predicted octanol–water partition coefficient (Wildman–Crippen LogP) is 3.05. The van der Waals surface area contributed by atoms with Crippen LogP contribution in [0.1, 0.15) is 31.2 Å². The van der Waals surface area contributed by atoms with Crippen molar-refractivity contribution in [1.82, 2.24) is 4.90 Å². The number of halogens is 1. The van der Waals surface area contributed by atoms with Crippen LogP contribution in [0, 0.1) is 16.0 Å². The molecular weight excluding hydrogens is 330 g/mol. The summed E-state index contributed by atoms with van der Waals surface area (Å²) in [5, 5.41) is 10.9. The lowest BCUT2D eigenvalue weighted by atomic mass is 9.85. The zero-order chi connectivity index (χ0) is 16.8. The fraction of sp³-hybridized carbons (Fsp3) is 0.471. The van der Waals surface area contributed by atoms with Gasteiger partial charge in [-0.3, -0.25) is 14.9 Å². The van der Waals surface area contributed by atoms with Gasteiger partial charge in [-0.15, -0.1) is 19.0 Å². The van der Waals surface area contributed by atoms with Crippen molar-refractivity contribution in [2.45, 2.75) is 38.3 Å². The summed E-state index contributed by atoms with van der Waals surface area (Å²) in [6, 6.07) is 6.48. The molecule has 0 saturated heterocycles. The lowest BCUT2D eigenvalue weighted by Crippen LogP contribution is -2.40. The van der Waals surface area contributed by atoms with Crippen LogP contribution in [0.5, 0.6) is 0 Å². The van der Waals surface area contributed by atoms with Crippen LogP contribution in [0.4, 0.5) is 5.69 Å². The molecule has 0 heterocycles. The molecule has 0 bridgehead atoms. The maximum Gasteiger partial charge on any atom is 0.269 e. The second kappa shape index (κ2) is 9.39. The van der Waals surface area contributed by atoms with Crippen LogP contribution >= 0.6 is 12.4 Å². The molecule has 6 nitrogen and oxygen atoms in total. The number of hydrogen-bond acceptors (Lipinski definition) is 4. The van der Waals surface area contributed by atoms with Gasteiger partial charge < -0.3 is 10.6 Å². The number of nitro benzene ring substituents is 1. The fourth-order valence-corrected chi connectivity index (χ4v) is 3.09. The van der Waals surface area contributed by atoms with Crippen LogP contribution < -0.4 is 5.73 Å². The van der Waals surface area contributed by atoms with E-state index in [9.17, 15) is 14.9 Å². The van der Waals surface area contributed by atoms with E-state index in [0.717, 1.165) is 24.8 Å². The first kappa shape index (κ1) is 20.1. The zero-order valence-corrected chi connectivity index (χ0v) is 14.4. The van der Waals surface area contributed by atoms with Gasteiger partial charge in [0.2, 0.25) is 5.91 Å². The highest BCUT2D eigenvalue weighted by Crippen LogP contribution is 2.26. The van der Waals surface area contributed by atoms with Gasteiger partial charge in [-0.2, -0.15) is 0 Å². The second-order valence-electron chi connectivity index (χ2n) is 6.06. The predicted molar refractivity (Wildman–Crippen MR) is 95.9 cm³/mol. The Hall–Kier alpha value is -1.92. The summed E-state index contributed by atoms with van der Waals surface area (Å²) in [6.07, 6.45) is 5.18. The van der Waals surface area contributed by atoms with Crippen molar-refractivity contribution in [3.8, 4) is 0 Å². The van der Waals surface area contributed by atoms with Gasteiger partial charge in [0.15, 0.2) is 0 Å². The first-order chi connectivity index (χ1) is 11.0. The Bertz CT molecular complexity index is 594. The van der Waals surface area contributed by atoms with Gasteiger partial charge >= 0.3 is 0 Å².